The van der Waals surface area contributed by atoms with Crippen molar-refractivity contribution in [3.63, 3.8) is 0 Å². The molecule has 174 valence electrons. The maximum atomic E-state index is 13.4. The average Bonchev–Trinajstić information content (AvgIpc) is 3.40. The first-order valence-electron chi connectivity index (χ1n) is 11.5. The van der Waals surface area contributed by atoms with Gasteiger partial charge in [0.05, 0.1) is 21.8 Å². The number of hydrogen-bond donors (Lipinski definition) is 1. The molecule has 3 aromatic rings. The van der Waals surface area contributed by atoms with Gasteiger partial charge in [-0.15, -0.1) is 11.3 Å². The molecule has 2 aromatic carbocycles. The second-order valence-electron chi connectivity index (χ2n) is 9.00. The second kappa shape index (κ2) is 8.09. The highest BCUT2D eigenvalue weighted by atomic mass is 32.1. The van der Waals surface area contributed by atoms with Crippen molar-refractivity contribution in [2.75, 3.05) is 26.2 Å². The highest BCUT2D eigenvalue weighted by molar-refractivity contribution is 7.18. The van der Waals surface area contributed by atoms with Crippen LogP contribution in [0, 0.1) is 0 Å². The fraction of sp³-hybridized carbons (Fsp3) is 0.360. The Kier molecular flexibility index (Phi) is 5.02. The van der Waals surface area contributed by atoms with Gasteiger partial charge in [0.15, 0.2) is 5.54 Å². The number of imide groups is 1. The molecule has 0 aliphatic carbocycles. The van der Waals surface area contributed by atoms with Gasteiger partial charge in [0.1, 0.15) is 12.3 Å². The summed E-state index contributed by atoms with van der Waals surface area (Å²) >= 11 is 1.72. The number of thiazole rings is 1. The Morgan fingerprint density at radius 1 is 1.12 bits per heavy atom. The van der Waals surface area contributed by atoms with Crippen LogP contribution in [0.4, 0.5) is 4.79 Å². The molecule has 3 aliphatic rings. The van der Waals surface area contributed by atoms with Crippen LogP contribution in [0.5, 0.6) is 5.75 Å². The first kappa shape index (κ1) is 21.1. The van der Waals surface area contributed by atoms with Gasteiger partial charge in [0.2, 0.25) is 5.91 Å². The summed E-state index contributed by atoms with van der Waals surface area (Å²) in [5.41, 5.74) is 0.501. The summed E-state index contributed by atoms with van der Waals surface area (Å²) in [5, 5.41) is 3.97. The molecule has 1 spiro atoms. The maximum absolute atomic E-state index is 13.4. The second-order valence-corrected chi connectivity index (χ2v) is 10.1. The van der Waals surface area contributed by atoms with Crippen molar-refractivity contribution in [2.24, 2.45) is 0 Å². The third kappa shape index (κ3) is 3.34. The Labute approximate surface area is 200 Å². The highest BCUT2D eigenvalue weighted by Crippen LogP contribution is 2.41. The molecule has 2 saturated heterocycles. The van der Waals surface area contributed by atoms with Gasteiger partial charge in [0, 0.05) is 31.0 Å². The number of carbonyl (C=O) groups excluding carboxylic acids is 3. The summed E-state index contributed by atoms with van der Waals surface area (Å²) in [6.45, 7) is 1.25. The van der Waals surface area contributed by atoms with E-state index in [2.05, 4.69) is 11.4 Å². The Bertz CT molecular complexity index is 1270. The van der Waals surface area contributed by atoms with E-state index in [-0.39, 0.29) is 18.4 Å². The summed E-state index contributed by atoms with van der Waals surface area (Å²) in [6.07, 6.45) is 1.98. The molecule has 1 unspecified atom stereocenters. The number of benzene rings is 2. The van der Waals surface area contributed by atoms with Crippen LogP contribution < -0.4 is 10.1 Å². The maximum Gasteiger partial charge on any atom is 0.325 e. The van der Waals surface area contributed by atoms with E-state index in [0.29, 0.717) is 43.3 Å². The number of piperidine rings is 1. The van der Waals surface area contributed by atoms with Gasteiger partial charge in [-0.2, -0.15) is 0 Å². The monoisotopic (exact) mass is 476 g/mol. The van der Waals surface area contributed by atoms with Gasteiger partial charge in [-0.05, 0) is 31.0 Å². The number of urea groups is 1. The molecule has 1 atom stereocenters. The summed E-state index contributed by atoms with van der Waals surface area (Å²) in [6, 6.07) is 14.8. The van der Waals surface area contributed by atoms with Gasteiger partial charge in [0.25, 0.3) is 5.91 Å². The molecule has 6 rings (SSSR count). The van der Waals surface area contributed by atoms with E-state index in [4.69, 9.17) is 9.72 Å². The van der Waals surface area contributed by atoms with E-state index >= 15 is 0 Å². The molecule has 8 nitrogen and oxygen atoms in total. The van der Waals surface area contributed by atoms with Crippen molar-refractivity contribution in [1.82, 2.24) is 20.1 Å². The fourth-order valence-corrected chi connectivity index (χ4v) is 6.33. The van der Waals surface area contributed by atoms with Crippen molar-refractivity contribution in [1.29, 1.82) is 0 Å². The number of aromatic nitrogens is 1. The lowest BCUT2D eigenvalue weighted by Crippen LogP contribution is -2.49. The minimum atomic E-state index is -1.16. The zero-order valence-electron chi connectivity index (χ0n) is 18.5. The van der Waals surface area contributed by atoms with Crippen LogP contribution in [-0.2, 0) is 15.1 Å². The molecule has 2 fully saturated rings. The summed E-state index contributed by atoms with van der Waals surface area (Å²) in [7, 11) is 0. The Morgan fingerprint density at radius 2 is 1.88 bits per heavy atom. The molecule has 4 amide bonds. The van der Waals surface area contributed by atoms with Crippen molar-refractivity contribution in [3.8, 4) is 5.75 Å². The van der Waals surface area contributed by atoms with Crippen LogP contribution in [-0.4, -0.2) is 58.9 Å². The predicted octanol–water partition coefficient (Wildman–Crippen LogP) is 3.23. The zero-order valence-corrected chi connectivity index (χ0v) is 19.3. The van der Waals surface area contributed by atoms with Crippen LogP contribution >= 0.6 is 11.3 Å². The predicted molar refractivity (Wildman–Crippen MR) is 127 cm³/mol. The number of ether oxygens (including phenoxy) is 1. The smallest absolute Gasteiger partial charge is 0.325 e. The number of hydrogen-bond acceptors (Lipinski definition) is 6. The standard InChI is InChI=1S/C25H24N4O4S/c30-21(28-12-9-16(10-13-28)22-26-18-6-2-4-8-20(18)34-22)15-29-23(31)25(27-24(29)32)11-14-33-19-7-3-1-5-17(19)25/h1-8,16H,9-15H2,(H,27,32). The lowest BCUT2D eigenvalue weighted by atomic mass is 9.84. The number of rotatable bonds is 3. The first-order valence-corrected chi connectivity index (χ1v) is 12.4. The van der Waals surface area contributed by atoms with Crippen molar-refractivity contribution < 1.29 is 19.1 Å². The number of amides is 4. The Balaban J connectivity index is 1.13. The molecule has 0 bridgehead atoms. The zero-order chi connectivity index (χ0) is 23.3. The minimum absolute atomic E-state index is 0.205. The number of nitrogens with one attached hydrogen (secondary N) is 1. The number of likely N-dealkylation sites (tertiary alicyclic amines) is 1. The van der Waals surface area contributed by atoms with Gasteiger partial charge in [-0.25, -0.2) is 9.78 Å². The molecule has 4 heterocycles. The quantitative estimate of drug-likeness (QED) is 0.586. The summed E-state index contributed by atoms with van der Waals surface area (Å²) in [4.78, 5) is 46.8. The van der Waals surface area contributed by atoms with Gasteiger partial charge in [-0.1, -0.05) is 30.3 Å². The third-order valence-corrected chi connectivity index (χ3v) is 8.26. The molecule has 1 aromatic heterocycles. The van der Waals surface area contributed by atoms with E-state index in [1.54, 1.807) is 28.4 Å². The molecule has 9 heteroatoms. The van der Waals surface area contributed by atoms with E-state index < -0.39 is 11.6 Å². The molecular formula is C25H24N4O4S. The lowest BCUT2D eigenvalue weighted by molar-refractivity contribution is -0.140. The molecule has 34 heavy (non-hydrogen) atoms. The van der Waals surface area contributed by atoms with Crippen LogP contribution in [0.3, 0.4) is 0 Å². The molecule has 3 aliphatic heterocycles. The van der Waals surface area contributed by atoms with E-state index in [1.165, 1.54) is 4.70 Å². The Hall–Kier alpha value is -3.46. The van der Waals surface area contributed by atoms with Crippen molar-refractivity contribution in [2.45, 2.75) is 30.7 Å². The van der Waals surface area contributed by atoms with Gasteiger partial charge in [-0.3, -0.25) is 14.5 Å². The van der Waals surface area contributed by atoms with Crippen LogP contribution in [0.25, 0.3) is 10.2 Å². The summed E-state index contributed by atoms with van der Waals surface area (Å²) < 4.78 is 6.85. The molecule has 1 N–H and O–H groups in total. The number of nitrogens with zero attached hydrogens (tertiary/aromatic N) is 3. The van der Waals surface area contributed by atoms with Crippen LogP contribution in [0.1, 0.15) is 35.8 Å². The van der Waals surface area contributed by atoms with E-state index in [1.807, 2.05) is 30.3 Å². The normalized spacial score (nSPS) is 22.7. The fourth-order valence-electron chi connectivity index (χ4n) is 5.19. The van der Waals surface area contributed by atoms with E-state index in [0.717, 1.165) is 28.3 Å². The van der Waals surface area contributed by atoms with E-state index in [9.17, 15) is 14.4 Å². The SMILES string of the molecule is O=C(CN1C(=O)NC2(CCOc3ccccc32)C1=O)N1CCC(c2nc3ccccc3s2)CC1. The number of carbonyl (C=O) groups is 3. The van der Waals surface area contributed by atoms with Crippen molar-refractivity contribution >= 4 is 39.4 Å². The summed E-state index contributed by atoms with van der Waals surface area (Å²) in [5.74, 6) is 0.322. The largest absolute Gasteiger partial charge is 0.493 e. The lowest BCUT2D eigenvalue weighted by Gasteiger charge is -2.33. The number of para-hydroxylation sites is 2. The van der Waals surface area contributed by atoms with Crippen molar-refractivity contribution in [3.05, 3.63) is 59.1 Å². The van der Waals surface area contributed by atoms with Crippen LogP contribution in [0.2, 0.25) is 0 Å². The number of fused-ring (bicyclic) bond motifs is 3. The Morgan fingerprint density at radius 3 is 2.71 bits per heavy atom. The average molecular weight is 477 g/mol. The molecule has 0 saturated carbocycles. The first-order chi connectivity index (χ1) is 16.5. The molecular weight excluding hydrogens is 452 g/mol. The van der Waals surface area contributed by atoms with Crippen LogP contribution in [0.15, 0.2) is 48.5 Å². The highest BCUT2D eigenvalue weighted by Gasteiger charge is 2.55. The topological polar surface area (TPSA) is 91.8 Å². The minimum Gasteiger partial charge on any atom is -0.493 e. The van der Waals surface area contributed by atoms with Gasteiger partial charge >= 0.3 is 6.03 Å². The third-order valence-electron chi connectivity index (χ3n) is 7.06. The molecule has 0 radical (unpaired) electrons. The van der Waals surface area contributed by atoms with Gasteiger partial charge < -0.3 is 15.0 Å².